The maximum absolute atomic E-state index is 10.9. The van der Waals surface area contributed by atoms with E-state index in [1.165, 1.54) is 0 Å². The first-order valence-corrected chi connectivity index (χ1v) is 9.02. The number of nitrogens with one attached hydrogen (secondary N) is 2. The Labute approximate surface area is 137 Å². The molecule has 0 aliphatic heterocycles. The molecule has 0 unspecified atom stereocenters. The van der Waals surface area contributed by atoms with Gasteiger partial charge in [0.15, 0.2) is 5.96 Å². The van der Waals surface area contributed by atoms with E-state index >= 15 is 0 Å². The number of nitrogens with zero attached hydrogens (tertiary/aromatic N) is 1. The first kappa shape index (κ1) is 19.0. The van der Waals surface area contributed by atoms with Crippen LogP contribution in [0, 0.1) is 0 Å². The number of benzene rings is 1. The number of ether oxygens (including phenoxy) is 1. The minimum absolute atomic E-state index is 0.156. The Balaban J connectivity index is 2.71. The smallest absolute Gasteiger partial charge is 0.210 e. The van der Waals surface area contributed by atoms with Gasteiger partial charge in [-0.15, -0.1) is 0 Å². The van der Waals surface area contributed by atoms with Crippen LogP contribution >= 0.6 is 0 Å². The minimum Gasteiger partial charge on any atom is -0.489 e. The van der Waals surface area contributed by atoms with Gasteiger partial charge in [0, 0.05) is 18.7 Å². The maximum atomic E-state index is 10.9. The summed E-state index contributed by atoms with van der Waals surface area (Å²) in [6.45, 7) is 7.24. The molecule has 0 amide bonds. The Morgan fingerprint density at radius 1 is 1.39 bits per heavy atom. The Morgan fingerprint density at radius 3 is 2.78 bits per heavy atom. The lowest BCUT2D eigenvalue weighted by Gasteiger charge is -2.12. The van der Waals surface area contributed by atoms with E-state index in [-0.39, 0.29) is 12.3 Å². The first-order valence-electron chi connectivity index (χ1n) is 7.30. The number of sulfonamides is 1. The molecule has 0 aromatic heterocycles. The van der Waals surface area contributed by atoms with Gasteiger partial charge in [-0.1, -0.05) is 30.9 Å². The lowest BCUT2D eigenvalue weighted by Crippen LogP contribution is -2.40. The summed E-state index contributed by atoms with van der Waals surface area (Å²) in [5.74, 6) is 1.11. The van der Waals surface area contributed by atoms with Crippen molar-refractivity contribution < 1.29 is 13.2 Å². The molecule has 0 aliphatic rings. The molecule has 0 fully saturated rings. The van der Waals surface area contributed by atoms with E-state index in [2.05, 4.69) is 22.2 Å². The molecule has 128 valence electrons. The molecule has 0 heterocycles. The summed E-state index contributed by atoms with van der Waals surface area (Å²) >= 11 is 0. The van der Waals surface area contributed by atoms with Crippen LogP contribution in [0.5, 0.6) is 5.75 Å². The number of guanidine groups is 1. The van der Waals surface area contributed by atoms with E-state index < -0.39 is 10.0 Å². The standard InChI is InChI=1S/C15H24N4O3S/c1-3-10-22-14-8-6-5-7-13(14)12-19-15(17-4-2)18-9-11-23(16,20)21/h3,5-8H,1,4,9-12H2,2H3,(H2,16,20,21)(H2,17,18,19). The zero-order valence-electron chi connectivity index (χ0n) is 13.3. The van der Waals surface area contributed by atoms with Crippen molar-refractivity contribution >= 4 is 16.0 Å². The lowest BCUT2D eigenvalue weighted by molar-refractivity contribution is 0.359. The third-order valence-electron chi connectivity index (χ3n) is 2.76. The molecular weight excluding hydrogens is 316 g/mol. The van der Waals surface area contributed by atoms with Crippen molar-refractivity contribution in [2.24, 2.45) is 10.1 Å². The van der Waals surface area contributed by atoms with Gasteiger partial charge in [0.25, 0.3) is 0 Å². The summed E-state index contributed by atoms with van der Waals surface area (Å²) in [6, 6.07) is 7.60. The normalized spacial score (nSPS) is 11.8. The fourth-order valence-electron chi connectivity index (χ4n) is 1.74. The molecule has 23 heavy (non-hydrogen) atoms. The van der Waals surface area contributed by atoms with Crippen LogP contribution < -0.4 is 20.5 Å². The van der Waals surface area contributed by atoms with Crippen molar-refractivity contribution in [3.63, 3.8) is 0 Å². The largest absolute Gasteiger partial charge is 0.489 e. The summed E-state index contributed by atoms with van der Waals surface area (Å²) in [4.78, 5) is 4.42. The Morgan fingerprint density at radius 2 is 2.13 bits per heavy atom. The van der Waals surface area contributed by atoms with E-state index in [1.54, 1.807) is 6.08 Å². The number of primary sulfonamides is 1. The van der Waals surface area contributed by atoms with Crippen LogP contribution in [0.3, 0.4) is 0 Å². The highest BCUT2D eigenvalue weighted by molar-refractivity contribution is 7.89. The summed E-state index contributed by atoms with van der Waals surface area (Å²) in [5, 5.41) is 11.0. The molecule has 0 radical (unpaired) electrons. The molecule has 0 saturated carbocycles. The molecule has 1 aromatic rings. The van der Waals surface area contributed by atoms with Gasteiger partial charge >= 0.3 is 0 Å². The van der Waals surface area contributed by atoms with E-state index in [0.29, 0.717) is 25.7 Å². The SMILES string of the molecule is C=CCOc1ccccc1CN=C(NCC)NCCS(N)(=O)=O. The van der Waals surface area contributed by atoms with Crippen molar-refractivity contribution in [2.45, 2.75) is 13.5 Å². The summed E-state index contributed by atoms with van der Waals surface area (Å²) in [7, 11) is -3.49. The van der Waals surface area contributed by atoms with Gasteiger partial charge in [-0.3, -0.25) is 0 Å². The van der Waals surface area contributed by atoms with Gasteiger partial charge in [0.2, 0.25) is 10.0 Å². The monoisotopic (exact) mass is 340 g/mol. The minimum atomic E-state index is -3.49. The Kier molecular flexibility index (Phi) is 8.14. The number of rotatable bonds is 9. The second kappa shape index (κ2) is 9.86. The molecule has 1 aromatic carbocycles. The number of nitrogens with two attached hydrogens (primary N) is 1. The molecule has 0 aliphatic carbocycles. The van der Waals surface area contributed by atoms with Gasteiger partial charge < -0.3 is 15.4 Å². The van der Waals surface area contributed by atoms with Gasteiger partial charge in [-0.05, 0) is 13.0 Å². The fraction of sp³-hybridized carbons (Fsp3) is 0.400. The van der Waals surface area contributed by atoms with Gasteiger partial charge in [-0.2, -0.15) is 0 Å². The fourth-order valence-corrected chi connectivity index (χ4v) is 2.13. The second-order valence-corrected chi connectivity index (χ2v) is 6.43. The molecule has 4 N–H and O–H groups in total. The summed E-state index contributed by atoms with van der Waals surface area (Å²) in [5.41, 5.74) is 0.929. The Bertz CT molecular complexity index is 629. The van der Waals surface area contributed by atoms with Crippen molar-refractivity contribution in [1.29, 1.82) is 0 Å². The highest BCUT2D eigenvalue weighted by atomic mass is 32.2. The zero-order valence-corrected chi connectivity index (χ0v) is 14.1. The summed E-state index contributed by atoms with van der Waals surface area (Å²) in [6.07, 6.45) is 1.68. The number of hydrogen-bond acceptors (Lipinski definition) is 4. The molecule has 0 bridgehead atoms. The van der Waals surface area contributed by atoms with Crippen LogP contribution in [0.25, 0.3) is 0 Å². The lowest BCUT2D eigenvalue weighted by atomic mass is 10.2. The molecule has 7 nitrogen and oxygen atoms in total. The van der Waals surface area contributed by atoms with Crippen molar-refractivity contribution in [3.05, 3.63) is 42.5 Å². The molecule has 0 saturated heterocycles. The molecular formula is C15H24N4O3S. The van der Waals surface area contributed by atoms with Gasteiger partial charge in [0.1, 0.15) is 12.4 Å². The third kappa shape index (κ3) is 8.22. The maximum Gasteiger partial charge on any atom is 0.210 e. The van der Waals surface area contributed by atoms with Crippen LogP contribution in [0.15, 0.2) is 41.9 Å². The van der Waals surface area contributed by atoms with Crippen LogP contribution in [-0.2, 0) is 16.6 Å². The van der Waals surface area contributed by atoms with Crippen molar-refractivity contribution in [2.75, 3.05) is 25.4 Å². The molecule has 1 rings (SSSR count). The summed E-state index contributed by atoms with van der Waals surface area (Å²) < 4.78 is 27.5. The van der Waals surface area contributed by atoms with E-state index in [0.717, 1.165) is 11.3 Å². The average Bonchev–Trinajstić information content (AvgIpc) is 2.50. The number of para-hydroxylation sites is 1. The third-order valence-corrected chi connectivity index (χ3v) is 3.53. The van der Waals surface area contributed by atoms with E-state index in [9.17, 15) is 8.42 Å². The predicted molar refractivity (Wildman–Crippen MR) is 92.9 cm³/mol. The molecule has 0 atom stereocenters. The molecule has 8 heteroatoms. The number of aliphatic imine (C=N–C) groups is 1. The number of hydrogen-bond donors (Lipinski definition) is 3. The highest BCUT2D eigenvalue weighted by Crippen LogP contribution is 2.18. The van der Waals surface area contributed by atoms with E-state index in [1.807, 2.05) is 31.2 Å². The van der Waals surface area contributed by atoms with Crippen LogP contribution in [0.2, 0.25) is 0 Å². The van der Waals surface area contributed by atoms with Crippen LogP contribution in [-0.4, -0.2) is 39.8 Å². The topological polar surface area (TPSA) is 106 Å². The molecule has 0 spiro atoms. The second-order valence-electron chi connectivity index (χ2n) is 4.70. The van der Waals surface area contributed by atoms with E-state index in [4.69, 9.17) is 9.88 Å². The predicted octanol–water partition coefficient (Wildman–Crippen LogP) is 0.595. The van der Waals surface area contributed by atoms with Crippen molar-refractivity contribution in [1.82, 2.24) is 10.6 Å². The van der Waals surface area contributed by atoms with Crippen LogP contribution in [0.4, 0.5) is 0 Å². The highest BCUT2D eigenvalue weighted by Gasteiger charge is 2.05. The first-order chi connectivity index (χ1) is 11.0. The quantitative estimate of drug-likeness (QED) is 0.347. The van der Waals surface area contributed by atoms with Gasteiger partial charge in [-0.25, -0.2) is 18.5 Å². The van der Waals surface area contributed by atoms with Gasteiger partial charge in [0.05, 0.1) is 12.3 Å². The average molecular weight is 340 g/mol. The van der Waals surface area contributed by atoms with Crippen molar-refractivity contribution in [3.8, 4) is 5.75 Å². The van der Waals surface area contributed by atoms with Crippen LogP contribution in [0.1, 0.15) is 12.5 Å². The Hall–Kier alpha value is -2.06. The zero-order chi connectivity index (χ0) is 17.1.